The molecule has 0 heterocycles. The van der Waals surface area contributed by atoms with Crippen LogP contribution in [0.5, 0.6) is 0 Å². The lowest BCUT2D eigenvalue weighted by molar-refractivity contribution is -0.136. The highest BCUT2D eigenvalue weighted by Crippen LogP contribution is 2.36. The molecule has 1 N–H and O–H groups in total. The third-order valence-corrected chi connectivity index (χ3v) is 2.34. The number of aliphatic carboxylic acids is 1. The second-order valence-electron chi connectivity index (χ2n) is 4.31. The Bertz CT molecular complexity index is 214. The fourth-order valence-electron chi connectivity index (χ4n) is 1.77. The van der Waals surface area contributed by atoms with Crippen LogP contribution in [0.3, 0.4) is 0 Å². The second-order valence-corrected chi connectivity index (χ2v) is 4.31. The minimum absolute atomic E-state index is 0.226. The molecule has 1 aliphatic rings. The van der Waals surface area contributed by atoms with E-state index in [2.05, 4.69) is 19.9 Å². The Morgan fingerprint density at radius 3 is 2.83 bits per heavy atom. The standard InChI is InChI=1S/C10H16O2/c1-10(2)5-3-4-8(7-10)6-9(11)12/h4H,3,5-7H2,1-2H3,(H,11,12). The molecule has 1 rings (SSSR count). The Morgan fingerprint density at radius 2 is 2.33 bits per heavy atom. The number of carboxylic acids is 1. The van der Waals surface area contributed by atoms with E-state index in [4.69, 9.17) is 5.11 Å². The first-order valence-electron chi connectivity index (χ1n) is 4.39. The molecular weight excluding hydrogens is 152 g/mol. The molecule has 12 heavy (non-hydrogen) atoms. The monoisotopic (exact) mass is 168 g/mol. The van der Waals surface area contributed by atoms with Crippen LogP contribution in [-0.4, -0.2) is 11.1 Å². The molecule has 0 radical (unpaired) electrons. The molecule has 0 atom stereocenters. The molecule has 0 unspecified atom stereocenters. The van der Waals surface area contributed by atoms with Gasteiger partial charge in [0.05, 0.1) is 6.42 Å². The largest absolute Gasteiger partial charge is 0.481 e. The Labute approximate surface area is 73.3 Å². The van der Waals surface area contributed by atoms with Gasteiger partial charge in [-0.25, -0.2) is 0 Å². The van der Waals surface area contributed by atoms with E-state index in [1.54, 1.807) is 0 Å². The van der Waals surface area contributed by atoms with E-state index < -0.39 is 5.97 Å². The van der Waals surface area contributed by atoms with Gasteiger partial charge in [-0.1, -0.05) is 25.5 Å². The van der Waals surface area contributed by atoms with Crippen LogP contribution in [0.25, 0.3) is 0 Å². The Morgan fingerprint density at radius 1 is 1.67 bits per heavy atom. The summed E-state index contributed by atoms with van der Waals surface area (Å²) in [6, 6.07) is 0. The molecule has 0 aliphatic heterocycles. The van der Waals surface area contributed by atoms with E-state index in [0.29, 0.717) is 5.41 Å². The van der Waals surface area contributed by atoms with Crippen LogP contribution < -0.4 is 0 Å². The maximum atomic E-state index is 10.4. The van der Waals surface area contributed by atoms with Crippen molar-refractivity contribution in [2.75, 3.05) is 0 Å². The molecule has 2 heteroatoms. The lowest BCUT2D eigenvalue weighted by Crippen LogP contribution is -2.16. The van der Waals surface area contributed by atoms with Crippen LogP contribution in [0.2, 0.25) is 0 Å². The summed E-state index contributed by atoms with van der Waals surface area (Å²) in [7, 11) is 0. The molecule has 1 aliphatic carbocycles. The zero-order valence-electron chi connectivity index (χ0n) is 7.76. The highest BCUT2D eigenvalue weighted by atomic mass is 16.4. The SMILES string of the molecule is CC1(C)CCC=C(CC(=O)O)C1. The number of hydrogen-bond acceptors (Lipinski definition) is 1. The minimum Gasteiger partial charge on any atom is -0.481 e. The quantitative estimate of drug-likeness (QED) is 0.643. The number of carbonyl (C=O) groups is 1. The van der Waals surface area contributed by atoms with Gasteiger partial charge in [-0.3, -0.25) is 4.79 Å². The fourth-order valence-corrected chi connectivity index (χ4v) is 1.77. The van der Waals surface area contributed by atoms with Gasteiger partial charge in [0.1, 0.15) is 0 Å². The van der Waals surface area contributed by atoms with Gasteiger partial charge in [0.15, 0.2) is 0 Å². The number of rotatable bonds is 2. The van der Waals surface area contributed by atoms with Crippen LogP contribution in [-0.2, 0) is 4.79 Å². The average molecular weight is 168 g/mol. The third kappa shape index (κ3) is 2.68. The van der Waals surface area contributed by atoms with Crippen molar-refractivity contribution in [3.63, 3.8) is 0 Å². The van der Waals surface area contributed by atoms with E-state index in [9.17, 15) is 4.79 Å². The summed E-state index contributed by atoms with van der Waals surface area (Å²) in [6.07, 6.45) is 5.47. The van der Waals surface area contributed by atoms with Crippen molar-refractivity contribution in [2.24, 2.45) is 5.41 Å². The third-order valence-electron chi connectivity index (χ3n) is 2.34. The summed E-state index contributed by atoms with van der Waals surface area (Å²) >= 11 is 0. The van der Waals surface area contributed by atoms with Gasteiger partial charge < -0.3 is 5.11 Å². The lowest BCUT2D eigenvalue weighted by atomic mass is 9.77. The molecule has 0 fully saturated rings. The summed E-state index contributed by atoms with van der Waals surface area (Å²) < 4.78 is 0. The van der Waals surface area contributed by atoms with E-state index in [0.717, 1.165) is 18.4 Å². The second kappa shape index (κ2) is 3.30. The van der Waals surface area contributed by atoms with Crippen molar-refractivity contribution in [2.45, 2.75) is 39.5 Å². The van der Waals surface area contributed by atoms with Crippen LogP contribution in [0.4, 0.5) is 0 Å². The predicted molar refractivity (Wildman–Crippen MR) is 48.0 cm³/mol. The fraction of sp³-hybridized carbons (Fsp3) is 0.700. The average Bonchev–Trinajstić information content (AvgIpc) is 1.82. The van der Waals surface area contributed by atoms with Gasteiger partial charge in [0.2, 0.25) is 0 Å². The smallest absolute Gasteiger partial charge is 0.307 e. The summed E-state index contributed by atoms with van der Waals surface area (Å²) in [5, 5.41) is 8.60. The van der Waals surface area contributed by atoms with Gasteiger partial charge in [0, 0.05) is 0 Å². The molecular formula is C10H16O2. The predicted octanol–water partition coefficient (Wildman–Crippen LogP) is 2.60. The van der Waals surface area contributed by atoms with Crippen molar-refractivity contribution >= 4 is 5.97 Å². The highest BCUT2D eigenvalue weighted by molar-refractivity contribution is 5.70. The highest BCUT2D eigenvalue weighted by Gasteiger charge is 2.23. The molecule has 0 saturated carbocycles. The molecule has 0 saturated heterocycles. The molecule has 0 aromatic carbocycles. The molecule has 0 bridgehead atoms. The maximum Gasteiger partial charge on any atom is 0.307 e. The van der Waals surface area contributed by atoms with E-state index in [1.165, 1.54) is 6.42 Å². The summed E-state index contributed by atoms with van der Waals surface area (Å²) in [5.41, 5.74) is 1.40. The molecule has 0 aromatic rings. The van der Waals surface area contributed by atoms with Crippen molar-refractivity contribution in [3.8, 4) is 0 Å². The number of hydrogen-bond donors (Lipinski definition) is 1. The Hall–Kier alpha value is -0.790. The summed E-state index contributed by atoms with van der Waals surface area (Å²) in [6.45, 7) is 4.39. The van der Waals surface area contributed by atoms with Crippen molar-refractivity contribution < 1.29 is 9.90 Å². The lowest BCUT2D eigenvalue weighted by Gasteiger charge is -2.29. The van der Waals surface area contributed by atoms with Crippen molar-refractivity contribution in [3.05, 3.63) is 11.6 Å². The minimum atomic E-state index is -0.709. The van der Waals surface area contributed by atoms with E-state index in [1.807, 2.05) is 0 Å². The molecule has 0 aromatic heterocycles. The van der Waals surface area contributed by atoms with Gasteiger partial charge in [0.25, 0.3) is 0 Å². The van der Waals surface area contributed by atoms with E-state index >= 15 is 0 Å². The summed E-state index contributed by atoms with van der Waals surface area (Å²) in [5.74, 6) is -0.709. The van der Waals surface area contributed by atoms with Crippen LogP contribution in [0, 0.1) is 5.41 Å². The van der Waals surface area contributed by atoms with Crippen LogP contribution >= 0.6 is 0 Å². The van der Waals surface area contributed by atoms with Crippen molar-refractivity contribution in [1.29, 1.82) is 0 Å². The van der Waals surface area contributed by atoms with Gasteiger partial charge >= 0.3 is 5.97 Å². The Balaban J connectivity index is 2.56. The number of carboxylic acid groups (broad SMARTS) is 1. The van der Waals surface area contributed by atoms with Gasteiger partial charge in [-0.2, -0.15) is 0 Å². The Kier molecular flexibility index (Phi) is 2.55. The van der Waals surface area contributed by atoms with Crippen LogP contribution in [0.1, 0.15) is 39.5 Å². The number of allylic oxidation sites excluding steroid dienone is 1. The zero-order valence-corrected chi connectivity index (χ0v) is 7.76. The van der Waals surface area contributed by atoms with Gasteiger partial charge in [-0.15, -0.1) is 0 Å². The topological polar surface area (TPSA) is 37.3 Å². The van der Waals surface area contributed by atoms with E-state index in [-0.39, 0.29) is 6.42 Å². The zero-order chi connectivity index (χ0) is 9.19. The molecule has 68 valence electrons. The molecule has 0 spiro atoms. The summed E-state index contributed by atoms with van der Waals surface area (Å²) in [4.78, 5) is 10.4. The molecule has 0 amide bonds. The first kappa shape index (κ1) is 9.30. The first-order valence-corrected chi connectivity index (χ1v) is 4.39. The normalized spacial score (nSPS) is 21.7. The first-order chi connectivity index (χ1) is 5.49. The molecule has 2 nitrogen and oxygen atoms in total. The van der Waals surface area contributed by atoms with Gasteiger partial charge in [-0.05, 0) is 24.7 Å². The van der Waals surface area contributed by atoms with Crippen LogP contribution in [0.15, 0.2) is 11.6 Å². The van der Waals surface area contributed by atoms with Crippen molar-refractivity contribution in [1.82, 2.24) is 0 Å². The maximum absolute atomic E-state index is 10.4.